The summed E-state index contributed by atoms with van der Waals surface area (Å²) in [6.07, 6.45) is -0.944. The van der Waals surface area contributed by atoms with E-state index in [-0.39, 0.29) is 21.8 Å². The lowest BCUT2D eigenvalue weighted by molar-refractivity contribution is -0.118. The topological polar surface area (TPSA) is 117 Å². The second-order valence-electron chi connectivity index (χ2n) is 5.58. The first-order chi connectivity index (χ1) is 12.6. The average molecular weight is 397 g/mol. The first-order valence-corrected chi connectivity index (χ1v) is 8.64. The Labute approximate surface area is 156 Å². The number of aromatic nitrogens is 1. The van der Waals surface area contributed by atoms with Crippen LogP contribution in [0.4, 0.5) is 19.0 Å². The number of hydrogen-bond donors (Lipinski definition) is 2. The van der Waals surface area contributed by atoms with Crippen LogP contribution in [0.25, 0.3) is 16.7 Å². The number of nitrogen functional groups attached to an aromatic ring is 1. The molecule has 0 aliphatic rings. The van der Waals surface area contributed by atoms with Crippen LogP contribution >= 0.6 is 0 Å². The fraction of sp³-hybridized carbons (Fsp3) is 0.176. The largest absolute Gasteiger partial charge is 0.768 e. The van der Waals surface area contributed by atoms with E-state index in [9.17, 15) is 21.9 Å². The molecule has 1 atom stereocenters. The maximum atomic E-state index is 12.3. The van der Waals surface area contributed by atoms with Gasteiger partial charge in [-0.05, 0) is 47.3 Å². The normalized spacial score (nSPS) is 13.9. The van der Waals surface area contributed by atoms with Gasteiger partial charge in [0.05, 0.1) is 0 Å². The van der Waals surface area contributed by atoms with Crippen molar-refractivity contribution in [3.05, 3.63) is 47.8 Å². The number of aryl methyl sites for hydroxylation is 1. The molecule has 0 saturated heterocycles. The minimum absolute atomic E-state index is 0.0510. The highest BCUT2D eigenvalue weighted by molar-refractivity contribution is 7.79. The summed E-state index contributed by atoms with van der Waals surface area (Å²) in [5.41, 5.74) is 13.7. The van der Waals surface area contributed by atoms with Crippen LogP contribution < -0.4 is 11.5 Å². The average Bonchev–Trinajstić information content (AvgIpc) is 2.59. The van der Waals surface area contributed by atoms with Gasteiger partial charge in [0.15, 0.2) is 0 Å². The van der Waals surface area contributed by atoms with Crippen LogP contribution in [0.15, 0.2) is 46.6 Å². The lowest BCUT2D eigenvalue weighted by Crippen LogP contribution is -2.12. The Kier molecular flexibility index (Phi) is 6.34. The van der Waals surface area contributed by atoms with Crippen molar-refractivity contribution in [3.8, 4) is 11.1 Å². The highest BCUT2D eigenvalue weighted by atomic mass is 32.2. The fourth-order valence-corrected chi connectivity index (χ4v) is 2.71. The van der Waals surface area contributed by atoms with Gasteiger partial charge in [-0.15, -0.1) is 0 Å². The molecule has 6 nitrogen and oxygen atoms in total. The summed E-state index contributed by atoms with van der Waals surface area (Å²) >= 11 is -2.41. The highest BCUT2D eigenvalue weighted by Crippen LogP contribution is 2.29. The van der Waals surface area contributed by atoms with Gasteiger partial charge in [-0.3, -0.25) is 9.20 Å². The molecule has 144 valence electrons. The zero-order valence-electron chi connectivity index (χ0n) is 14.2. The molecule has 1 aromatic carbocycles. The van der Waals surface area contributed by atoms with Gasteiger partial charge in [-0.1, -0.05) is 6.07 Å². The van der Waals surface area contributed by atoms with Gasteiger partial charge in [-0.25, -0.2) is 4.98 Å². The van der Waals surface area contributed by atoms with Gasteiger partial charge in [-0.2, -0.15) is 13.2 Å². The third-order valence-electron chi connectivity index (χ3n) is 3.62. The quantitative estimate of drug-likeness (QED) is 0.594. The van der Waals surface area contributed by atoms with E-state index < -0.39 is 23.8 Å². The third-order valence-corrected chi connectivity index (χ3v) is 4.26. The first-order valence-electron chi connectivity index (χ1n) is 7.57. The number of hydrogen-bond acceptors (Lipinski definition) is 6. The van der Waals surface area contributed by atoms with Crippen LogP contribution in [0.2, 0.25) is 0 Å². The van der Waals surface area contributed by atoms with Crippen molar-refractivity contribution >= 4 is 28.7 Å². The molecule has 2 rings (SSSR count). The van der Waals surface area contributed by atoms with Gasteiger partial charge >= 0.3 is 6.18 Å². The molecule has 0 aliphatic heterocycles. The standard InChI is InChI=1S/C17H17F3N4O2S/c1-10-2-3-13(27(25)26)5-14(10)11-4-15(16(22)24-8-11)12(6-21)7-23-9-17(18,19)20/h2-8H,9,21H2,1H3,(H2,22,24)(H,25,26)/p-1. The first kappa shape index (κ1) is 20.6. The van der Waals surface area contributed by atoms with Crippen LogP contribution in [0.5, 0.6) is 0 Å². The molecule has 1 aromatic heterocycles. The second kappa shape index (κ2) is 8.31. The molecule has 2 aromatic rings. The number of nitrogens with zero attached hydrogens (tertiary/aromatic N) is 2. The van der Waals surface area contributed by atoms with E-state index in [1.165, 1.54) is 18.3 Å². The summed E-state index contributed by atoms with van der Waals surface area (Å²) in [5, 5.41) is 0. The molecular formula is C17H16F3N4O2S-. The Bertz CT molecular complexity index is 927. The van der Waals surface area contributed by atoms with E-state index in [0.717, 1.165) is 18.0 Å². The molecule has 27 heavy (non-hydrogen) atoms. The fourth-order valence-electron chi connectivity index (χ4n) is 2.32. The van der Waals surface area contributed by atoms with E-state index in [1.54, 1.807) is 19.1 Å². The lowest BCUT2D eigenvalue weighted by atomic mass is 9.98. The molecular weight excluding hydrogens is 381 g/mol. The van der Waals surface area contributed by atoms with Gasteiger partial charge in [0.2, 0.25) is 0 Å². The zero-order chi connectivity index (χ0) is 20.2. The highest BCUT2D eigenvalue weighted by Gasteiger charge is 2.26. The van der Waals surface area contributed by atoms with Crippen molar-refractivity contribution in [2.45, 2.75) is 18.0 Å². The number of nitrogens with two attached hydrogens (primary N) is 2. The molecule has 0 radical (unpaired) electrons. The molecule has 0 saturated carbocycles. The van der Waals surface area contributed by atoms with E-state index in [4.69, 9.17) is 11.5 Å². The Balaban J connectivity index is 2.47. The Morgan fingerprint density at radius 1 is 1.37 bits per heavy atom. The summed E-state index contributed by atoms with van der Waals surface area (Å²) in [6, 6.07) is 6.14. The van der Waals surface area contributed by atoms with Crippen LogP contribution in [-0.4, -0.2) is 32.7 Å². The van der Waals surface area contributed by atoms with Crippen molar-refractivity contribution < 1.29 is 21.9 Å². The van der Waals surface area contributed by atoms with Crippen molar-refractivity contribution in [2.24, 2.45) is 10.7 Å². The predicted molar refractivity (Wildman–Crippen MR) is 97.6 cm³/mol. The number of pyridine rings is 1. The minimum atomic E-state index is -4.44. The van der Waals surface area contributed by atoms with Gasteiger partial charge in [0.1, 0.15) is 12.4 Å². The van der Waals surface area contributed by atoms with Crippen LogP contribution in [0.1, 0.15) is 11.1 Å². The van der Waals surface area contributed by atoms with Gasteiger partial charge < -0.3 is 16.0 Å². The molecule has 10 heteroatoms. The smallest absolute Gasteiger partial charge is 0.407 e. The Hall–Kier alpha value is -2.72. The third kappa shape index (κ3) is 5.38. The van der Waals surface area contributed by atoms with E-state index in [0.29, 0.717) is 11.1 Å². The molecule has 1 unspecified atom stereocenters. The number of rotatable bonds is 5. The molecule has 4 N–H and O–H groups in total. The summed E-state index contributed by atoms with van der Waals surface area (Å²) in [4.78, 5) is 7.46. The zero-order valence-corrected chi connectivity index (χ0v) is 15.0. The maximum Gasteiger partial charge on any atom is 0.407 e. The van der Waals surface area contributed by atoms with Crippen molar-refractivity contribution in [2.75, 3.05) is 12.3 Å². The molecule has 0 aliphatic carbocycles. The van der Waals surface area contributed by atoms with Crippen LogP contribution in [0, 0.1) is 6.92 Å². The summed E-state index contributed by atoms with van der Waals surface area (Å²) < 4.78 is 59.2. The molecule has 0 bridgehead atoms. The Morgan fingerprint density at radius 3 is 2.67 bits per heavy atom. The SMILES string of the molecule is Cc1ccc(S(=O)[O-])cc1-c1cnc(N)c(C(C=NCC(F)(F)F)=CN)c1. The van der Waals surface area contributed by atoms with E-state index in [1.807, 2.05) is 0 Å². The van der Waals surface area contributed by atoms with Crippen molar-refractivity contribution in [1.82, 2.24) is 4.98 Å². The minimum Gasteiger partial charge on any atom is -0.768 e. The number of halogens is 3. The van der Waals surface area contributed by atoms with Crippen LogP contribution in [0.3, 0.4) is 0 Å². The number of aliphatic imine (C=N–C) groups is 1. The van der Waals surface area contributed by atoms with Crippen LogP contribution in [-0.2, 0) is 11.1 Å². The number of benzene rings is 1. The lowest BCUT2D eigenvalue weighted by Gasteiger charge is -2.13. The molecule has 1 heterocycles. The van der Waals surface area contributed by atoms with E-state index >= 15 is 0 Å². The summed E-state index contributed by atoms with van der Waals surface area (Å²) in [5.74, 6) is 0.0510. The number of alkyl halides is 3. The van der Waals surface area contributed by atoms with E-state index in [2.05, 4.69) is 9.98 Å². The second-order valence-corrected chi connectivity index (χ2v) is 6.52. The van der Waals surface area contributed by atoms with Crippen molar-refractivity contribution in [3.63, 3.8) is 0 Å². The summed E-state index contributed by atoms with van der Waals surface area (Å²) in [7, 11) is 0. The monoisotopic (exact) mass is 397 g/mol. The van der Waals surface area contributed by atoms with Crippen molar-refractivity contribution in [1.29, 1.82) is 0 Å². The van der Waals surface area contributed by atoms with Gasteiger partial charge in [0, 0.05) is 40.2 Å². The molecule has 0 amide bonds. The number of allylic oxidation sites excluding steroid dienone is 1. The Morgan fingerprint density at radius 2 is 2.07 bits per heavy atom. The molecule has 0 fully saturated rings. The van der Waals surface area contributed by atoms with Gasteiger partial charge in [0.25, 0.3) is 0 Å². The molecule has 0 spiro atoms. The number of anilines is 1. The maximum absolute atomic E-state index is 12.3. The summed E-state index contributed by atoms with van der Waals surface area (Å²) in [6.45, 7) is 0.432. The predicted octanol–water partition coefficient (Wildman–Crippen LogP) is 2.81.